The molecular weight excluding hydrogens is 208 g/mol. The summed E-state index contributed by atoms with van der Waals surface area (Å²) in [7, 11) is 1.55. The normalized spacial score (nSPS) is 22.8. The van der Waals surface area contributed by atoms with Crippen molar-refractivity contribution in [2.75, 3.05) is 26.8 Å². The van der Waals surface area contributed by atoms with Gasteiger partial charge in [-0.2, -0.15) is 0 Å². The number of carbonyl (C=O) groups is 1. The largest absolute Gasteiger partial charge is 0.391 e. The fourth-order valence-electron chi connectivity index (χ4n) is 1.84. The van der Waals surface area contributed by atoms with Crippen molar-refractivity contribution in [2.45, 2.75) is 37.8 Å². The first kappa shape index (κ1) is 13.4. The number of ether oxygens (including phenoxy) is 1. The van der Waals surface area contributed by atoms with Gasteiger partial charge in [-0.25, -0.2) is 0 Å². The van der Waals surface area contributed by atoms with Crippen LogP contribution in [-0.2, 0) is 9.53 Å². The lowest BCUT2D eigenvalue weighted by Gasteiger charge is -2.22. The number of carbonyl (C=O) groups excluding carboxylic acids is 1. The summed E-state index contributed by atoms with van der Waals surface area (Å²) >= 11 is 0. The van der Waals surface area contributed by atoms with Crippen LogP contribution in [0, 0.1) is 0 Å². The van der Waals surface area contributed by atoms with Crippen molar-refractivity contribution in [1.82, 2.24) is 10.6 Å². The Balaban J connectivity index is 2.09. The highest BCUT2D eigenvalue weighted by Gasteiger charge is 2.19. The van der Waals surface area contributed by atoms with Crippen molar-refractivity contribution in [3.05, 3.63) is 0 Å². The molecule has 1 amide bonds. The lowest BCUT2D eigenvalue weighted by atomic mass is 10.0. The number of aliphatic hydroxyl groups excluding tert-OH is 1. The van der Waals surface area contributed by atoms with E-state index in [1.54, 1.807) is 7.11 Å². The predicted molar refractivity (Wildman–Crippen MR) is 61.2 cm³/mol. The summed E-state index contributed by atoms with van der Waals surface area (Å²) in [6.45, 7) is 1.74. The predicted octanol–water partition coefficient (Wildman–Crippen LogP) is -0.358. The second-order valence-corrected chi connectivity index (χ2v) is 4.19. The minimum Gasteiger partial charge on any atom is -0.391 e. The van der Waals surface area contributed by atoms with E-state index in [1.165, 1.54) is 0 Å². The molecule has 3 N–H and O–H groups in total. The number of hydrogen-bond donors (Lipinski definition) is 3. The average Bonchev–Trinajstić information content (AvgIpc) is 2.30. The van der Waals surface area contributed by atoms with Crippen molar-refractivity contribution < 1.29 is 14.6 Å². The number of amides is 1. The van der Waals surface area contributed by atoms with Crippen LogP contribution in [0.5, 0.6) is 0 Å². The molecule has 16 heavy (non-hydrogen) atoms. The Morgan fingerprint density at radius 1 is 1.62 bits per heavy atom. The molecule has 0 bridgehead atoms. The Morgan fingerprint density at radius 3 is 3.06 bits per heavy atom. The Labute approximate surface area is 96.6 Å². The number of rotatable bonds is 6. The zero-order valence-corrected chi connectivity index (χ0v) is 9.87. The molecule has 5 nitrogen and oxygen atoms in total. The maximum absolute atomic E-state index is 11.7. The van der Waals surface area contributed by atoms with Gasteiger partial charge in [0.25, 0.3) is 0 Å². The number of hydrogen-bond acceptors (Lipinski definition) is 4. The topological polar surface area (TPSA) is 70.6 Å². The number of aliphatic hydroxyl groups is 1. The molecule has 1 unspecified atom stereocenters. The van der Waals surface area contributed by atoms with E-state index in [1.807, 2.05) is 0 Å². The first-order valence-corrected chi connectivity index (χ1v) is 5.92. The van der Waals surface area contributed by atoms with Crippen LogP contribution in [0.25, 0.3) is 0 Å². The van der Waals surface area contributed by atoms with Crippen LogP contribution < -0.4 is 10.6 Å². The zero-order chi connectivity index (χ0) is 11.8. The summed E-state index contributed by atoms with van der Waals surface area (Å²) in [6.07, 6.45) is 3.21. The van der Waals surface area contributed by atoms with Gasteiger partial charge in [-0.3, -0.25) is 4.79 Å². The first-order chi connectivity index (χ1) is 7.74. The van der Waals surface area contributed by atoms with Gasteiger partial charge in [0.2, 0.25) is 5.91 Å². The van der Waals surface area contributed by atoms with Crippen molar-refractivity contribution in [3.63, 3.8) is 0 Å². The summed E-state index contributed by atoms with van der Waals surface area (Å²) in [4.78, 5) is 11.7. The van der Waals surface area contributed by atoms with Crippen LogP contribution in [-0.4, -0.2) is 50.0 Å². The third-order valence-corrected chi connectivity index (χ3v) is 2.76. The number of methoxy groups -OCH3 is 1. The quantitative estimate of drug-likeness (QED) is 0.583. The molecule has 0 saturated carbocycles. The monoisotopic (exact) mass is 230 g/mol. The molecule has 1 heterocycles. The van der Waals surface area contributed by atoms with E-state index >= 15 is 0 Å². The third-order valence-electron chi connectivity index (χ3n) is 2.76. The molecule has 0 spiro atoms. The fraction of sp³-hybridized carbons (Fsp3) is 0.909. The van der Waals surface area contributed by atoms with E-state index in [0.29, 0.717) is 19.6 Å². The van der Waals surface area contributed by atoms with Gasteiger partial charge in [-0.05, 0) is 25.8 Å². The van der Waals surface area contributed by atoms with E-state index in [2.05, 4.69) is 10.6 Å². The van der Waals surface area contributed by atoms with Gasteiger partial charge >= 0.3 is 0 Å². The summed E-state index contributed by atoms with van der Waals surface area (Å²) < 4.78 is 4.80. The van der Waals surface area contributed by atoms with Gasteiger partial charge in [0.1, 0.15) is 0 Å². The highest BCUT2D eigenvalue weighted by Crippen LogP contribution is 2.06. The SMILES string of the molecule is COCC(O)CCNC(=O)[C@H]1CCCCN1. The maximum Gasteiger partial charge on any atom is 0.237 e. The molecule has 5 heteroatoms. The van der Waals surface area contributed by atoms with Crippen LogP contribution in [0.15, 0.2) is 0 Å². The lowest BCUT2D eigenvalue weighted by molar-refractivity contribution is -0.123. The highest BCUT2D eigenvalue weighted by molar-refractivity contribution is 5.81. The van der Waals surface area contributed by atoms with Crippen LogP contribution in [0.3, 0.4) is 0 Å². The van der Waals surface area contributed by atoms with E-state index in [-0.39, 0.29) is 11.9 Å². The summed E-state index contributed by atoms with van der Waals surface area (Å²) in [5, 5.41) is 15.4. The fourth-order valence-corrected chi connectivity index (χ4v) is 1.84. The molecule has 0 aliphatic carbocycles. The van der Waals surface area contributed by atoms with Crippen LogP contribution >= 0.6 is 0 Å². The van der Waals surface area contributed by atoms with Crippen LogP contribution in [0.2, 0.25) is 0 Å². The van der Waals surface area contributed by atoms with E-state index < -0.39 is 6.10 Å². The summed E-state index contributed by atoms with van der Waals surface area (Å²) in [5.74, 6) is 0.0457. The summed E-state index contributed by atoms with van der Waals surface area (Å²) in [6, 6.07) is -0.0479. The molecule has 1 fully saturated rings. The molecule has 1 aliphatic rings. The van der Waals surface area contributed by atoms with Crippen molar-refractivity contribution >= 4 is 5.91 Å². The van der Waals surface area contributed by atoms with Crippen molar-refractivity contribution in [2.24, 2.45) is 0 Å². The second kappa shape index (κ2) is 7.60. The van der Waals surface area contributed by atoms with Crippen molar-refractivity contribution in [3.8, 4) is 0 Å². The standard InChI is InChI=1S/C11H22N2O3/c1-16-8-9(14)5-7-13-11(15)10-4-2-3-6-12-10/h9-10,12,14H,2-8H2,1H3,(H,13,15)/t9?,10-/m1/s1. The van der Waals surface area contributed by atoms with Gasteiger partial charge in [-0.15, -0.1) is 0 Å². The average molecular weight is 230 g/mol. The van der Waals surface area contributed by atoms with Crippen LogP contribution in [0.1, 0.15) is 25.7 Å². The van der Waals surface area contributed by atoms with Gasteiger partial charge in [-0.1, -0.05) is 6.42 Å². The minimum absolute atomic E-state index is 0.0457. The molecule has 1 rings (SSSR count). The lowest BCUT2D eigenvalue weighted by Crippen LogP contribution is -2.47. The third kappa shape index (κ3) is 4.92. The van der Waals surface area contributed by atoms with Crippen LogP contribution in [0.4, 0.5) is 0 Å². The molecule has 0 aromatic rings. The van der Waals surface area contributed by atoms with Crippen molar-refractivity contribution in [1.29, 1.82) is 0 Å². The first-order valence-electron chi connectivity index (χ1n) is 5.92. The Bertz CT molecular complexity index is 205. The highest BCUT2D eigenvalue weighted by atomic mass is 16.5. The maximum atomic E-state index is 11.7. The Hall–Kier alpha value is -0.650. The molecule has 1 saturated heterocycles. The molecule has 2 atom stereocenters. The number of piperidine rings is 1. The van der Waals surface area contributed by atoms with Gasteiger partial charge < -0.3 is 20.5 Å². The second-order valence-electron chi connectivity index (χ2n) is 4.19. The smallest absolute Gasteiger partial charge is 0.237 e. The summed E-state index contributed by atoms with van der Waals surface area (Å²) in [5.41, 5.74) is 0. The van der Waals surface area contributed by atoms with Gasteiger partial charge in [0, 0.05) is 13.7 Å². The van der Waals surface area contributed by atoms with E-state index in [9.17, 15) is 9.90 Å². The number of nitrogens with one attached hydrogen (secondary N) is 2. The molecule has 0 aromatic carbocycles. The Kier molecular flexibility index (Phi) is 6.37. The molecule has 1 aliphatic heterocycles. The van der Waals surface area contributed by atoms with Gasteiger partial charge in [0.05, 0.1) is 18.8 Å². The molecule has 0 radical (unpaired) electrons. The molecule has 94 valence electrons. The van der Waals surface area contributed by atoms with Gasteiger partial charge in [0.15, 0.2) is 0 Å². The van der Waals surface area contributed by atoms with E-state index in [0.717, 1.165) is 25.8 Å². The minimum atomic E-state index is -0.496. The Morgan fingerprint density at radius 2 is 2.44 bits per heavy atom. The molecular formula is C11H22N2O3. The zero-order valence-electron chi connectivity index (χ0n) is 9.87. The molecule has 0 aromatic heterocycles. The van der Waals surface area contributed by atoms with E-state index in [4.69, 9.17) is 4.74 Å².